The monoisotopic (exact) mass is 461 g/mol. The van der Waals surface area contributed by atoms with Crippen LogP contribution in [0, 0.1) is 0 Å². The third-order valence-corrected chi connectivity index (χ3v) is 6.52. The van der Waals surface area contributed by atoms with Crippen molar-refractivity contribution in [3.05, 3.63) is 59.2 Å². The highest BCUT2D eigenvalue weighted by Gasteiger charge is 2.40. The molecule has 0 aromatic heterocycles. The Morgan fingerprint density at radius 1 is 1.06 bits per heavy atom. The van der Waals surface area contributed by atoms with Crippen molar-refractivity contribution in [3.8, 4) is 0 Å². The van der Waals surface area contributed by atoms with Crippen LogP contribution >= 0.6 is 0 Å². The van der Waals surface area contributed by atoms with Gasteiger partial charge >= 0.3 is 6.03 Å². The first-order valence-corrected chi connectivity index (χ1v) is 11.0. The molecule has 0 radical (unpaired) electrons. The first kappa shape index (κ1) is 21.6. The van der Waals surface area contributed by atoms with Crippen LogP contribution in [0.2, 0.25) is 0 Å². The number of urea groups is 1. The van der Waals surface area contributed by atoms with Gasteiger partial charge in [0.25, 0.3) is 5.91 Å². The van der Waals surface area contributed by atoms with Gasteiger partial charge in [-0.2, -0.15) is 0 Å². The maximum Gasteiger partial charge on any atom is 0.327 e. The summed E-state index contributed by atoms with van der Waals surface area (Å²) in [5, 5.41) is 7.74. The number of piperidine rings is 1. The van der Waals surface area contributed by atoms with Gasteiger partial charge in [-0.3, -0.25) is 29.4 Å². The van der Waals surface area contributed by atoms with Gasteiger partial charge in [0.2, 0.25) is 17.7 Å². The summed E-state index contributed by atoms with van der Waals surface area (Å²) in [5.41, 5.74) is 3.19. The molecule has 10 heteroatoms. The number of hydrogen-bond donors (Lipinski definition) is 3. The zero-order chi connectivity index (χ0) is 24.0. The van der Waals surface area contributed by atoms with E-state index in [-0.39, 0.29) is 37.1 Å². The van der Waals surface area contributed by atoms with Gasteiger partial charge in [0.05, 0.1) is 0 Å². The summed E-state index contributed by atoms with van der Waals surface area (Å²) in [6, 6.07) is 10.5. The summed E-state index contributed by atoms with van der Waals surface area (Å²) in [7, 11) is 1.53. The van der Waals surface area contributed by atoms with Crippen molar-refractivity contribution in [2.45, 2.75) is 37.9 Å². The predicted octanol–water partition coefficient (Wildman–Crippen LogP) is 1.16. The maximum absolute atomic E-state index is 13.2. The van der Waals surface area contributed by atoms with Gasteiger partial charge in [-0.15, -0.1) is 0 Å². The van der Waals surface area contributed by atoms with Crippen molar-refractivity contribution in [3.63, 3.8) is 0 Å². The van der Waals surface area contributed by atoms with E-state index in [9.17, 15) is 24.0 Å². The van der Waals surface area contributed by atoms with Gasteiger partial charge in [0.1, 0.15) is 12.1 Å². The zero-order valence-corrected chi connectivity index (χ0v) is 18.5. The largest absolute Gasteiger partial charge is 0.357 e. The van der Waals surface area contributed by atoms with Gasteiger partial charge in [0.15, 0.2) is 0 Å². The highest BCUT2D eigenvalue weighted by Crippen LogP contribution is 2.34. The quantitative estimate of drug-likeness (QED) is 0.591. The maximum atomic E-state index is 13.2. The SMILES string of the molecule is CNC(=O)[C@@H]1Cc2ccccc2N1C(=O)Nc1ccc2c(c1)CN(C1CCC(=O)NC1=O)C2=O. The third-order valence-electron chi connectivity index (χ3n) is 6.52. The molecule has 2 atom stereocenters. The Labute approximate surface area is 195 Å². The van der Waals surface area contributed by atoms with Crippen LogP contribution in [-0.4, -0.2) is 53.7 Å². The lowest BCUT2D eigenvalue weighted by molar-refractivity contribution is -0.137. The molecule has 2 aromatic carbocycles. The molecular weight excluding hydrogens is 438 g/mol. The number of para-hydroxylation sites is 1. The molecule has 174 valence electrons. The summed E-state index contributed by atoms with van der Waals surface area (Å²) >= 11 is 0. The fourth-order valence-corrected chi connectivity index (χ4v) is 4.85. The number of carbonyl (C=O) groups is 5. The topological polar surface area (TPSA) is 128 Å². The molecular formula is C24H23N5O5. The Hall–Kier alpha value is -4.21. The standard InChI is InChI=1S/C24H23N5O5/c1-25-21(31)19-11-13-4-2-3-5-17(13)29(19)24(34)26-15-6-7-16-14(10-15)12-28(23(16)33)18-8-9-20(30)27-22(18)32/h2-7,10,18-19H,8-9,11-12H2,1H3,(H,25,31)(H,26,34)(H,27,30,32)/t18?,19-/m0/s1. The molecule has 5 rings (SSSR count). The zero-order valence-electron chi connectivity index (χ0n) is 18.5. The molecule has 3 heterocycles. The first-order valence-electron chi connectivity index (χ1n) is 11.0. The second kappa shape index (κ2) is 8.29. The fraction of sp³-hybridized carbons (Fsp3) is 0.292. The van der Waals surface area contributed by atoms with E-state index in [2.05, 4.69) is 16.0 Å². The van der Waals surface area contributed by atoms with E-state index in [1.807, 2.05) is 18.2 Å². The minimum Gasteiger partial charge on any atom is -0.357 e. The fourth-order valence-electron chi connectivity index (χ4n) is 4.85. The Bertz CT molecular complexity index is 1240. The summed E-state index contributed by atoms with van der Waals surface area (Å²) in [6.45, 7) is 0.206. The highest BCUT2D eigenvalue weighted by molar-refractivity contribution is 6.09. The molecule has 0 bridgehead atoms. The second-order valence-electron chi connectivity index (χ2n) is 8.53. The average molecular weight is 461 g/mol. The van der Waals surface area contributed by atoms with E-state index in [0.29, 0.717) is 28.9 Å². The first-order chi connectivity index (χ1) is 16.4. The molecule has 3 aliphatic rings. The number of nitrogens with zero attached hydrogens (tertiary/aromatic N) is 2. The average Bonchev–Trinajstić information content (AvgIpc) is 3.36. The molecule has 34 heavy (non-hydrogen) atoms. The number of fused-ring (bicyclic) bond motifs is 2. The van der Waals surface area contributed by atoms with Crippen molar-refractivity contribution in [2.75, 3.05) is 17.3 Å². The molecule has 10 nitrogen and oxygen atoms in total. The highest BCUT2D eigenvalue weighted by atomic mass is 16.2. The summed E-state index contributed by atoms with van der Waals surface area (Å²) in [6.07, 6.45) is 0.883. The molecule has 1 fully saturated rings. The number of hydrogen-bond acceptors (Lipinski definition) is 5. The molecule has 6 amide bonds. The number of carbonyl (C=O) groups excluding carboxylic acids is 5. The lowest BCUT2D eigenvalue weighted by Gasteiger charge is -2.29. The Morgan fingerprint density at radius 3 is 2.62 bits per heavy atom. The molecule has 0 saturated carbocycles. The van der Waals surface area contributed by atoms with Crippen molar-refractivity contribution in [1.82, 2.24) is 15.5 Å². The summed E-state index contributed by atoms with van der Waals surface area (Å²) in [4.78, 5) is 65.1. The van der Waals surface area contributed by atoms with Crippen molar-refractivity contribution in [1.29, 1.82) is 0 Å². The van der Waals surface area contributed by atoms with E-state index >= 15 is 0 Å². The van der Waals surface area contributed by atoms with Crippen LogP contribution in [0.4, 0.5) is 16.2 Å². The van der Waals surface area contributed by atoms with E-state index < -0.39 is 24.0 Å². The number of imide groups is 1. The van der Waals surface area contributed by atoms with Crippen LogP contribution in [0.1, 0.15) is 34.3 Å². The number of rotatable bonds is 3. The van der Waals surface area contributed by atoms with Crippen molar-refractivity contribution < 1.29 is 24.0 Å². The van der Waals surface area contributed by atoms with Crippen LogP contribution in [0.15, 0.2) is 42.5 Å². The normalized spacial score (nSPS) is 21.1. The molecule has 3 N–H and O–H groups in total. The number of benzene rings is 2. The van der Waals surface area contributed by atoms with Gasteiger partial charge in [-0.1, -0.05) is 18.2 Å². The lowest BCUT2D eigenvalue weighted by Crippen LogP contribution is -2.52. The second-order valence-corrected chi connectivity index (χ2v) is 8.53. The van der Waals surface area contributed by atoms with Crippen molar-refractivity contribution in [2.24, 2.45) is 0 Å². The minimum atomic E-state index is -0.704. The van der Waals surface area contributed by atoms with Gasteiger partial charge in [-0.05, 0) is 41.8 Å². The third kappa shape index (κ3) is 3.57. The molecule has 1 unspecified atom stereocenters. The Kier molecular flexibility index (Phi) is 5.27. The van der Waals surface area contributed by atoms with Gasteiger partial charge < -0.3 is 15.5 Å². The number of anilines is 2. The van der Waals surface area contributed by atoms with E-state index in [0.717, 1.165) is 5.56 Å². The van der Waals surface area contributed by atoms with Gasteiger partial charge in [0, 0.05) is 43.4 Å². The molecule has 0 aliphatic carbocycles. The van der Waals surface area contributed by atoms with Crippen LogP contribution in [0.5, 0.6) is 0 Å². The van der Waals surface area contributed by atoms with Crippen LogP contribution in [0.25, 0.3) is 0 Å². The lowest BCUT2D eigenvalue weighted by atomic mass is 10.0. The predicted molar refractivity (Wildman–Crippen MR) is 122 cm³/mol. The Morgan fingerprint density at radius 2 is 1.85 bits per heavy atom. The smallest absolute Gasteiger partial charge is 0.327 e. The van der Waals surface area contributed by atoms with Crippen LogP contribution < -0.4 is 20.9 Å². The van der Waals surface area contributed by atoms with E-state index in [1.165, 1.54) is 16.8 Å². The number of nitrogens with one attached hydrogen (secondary N) is 3. The van der Waals surface area contributed by atoms with Crippen molar-refractivity contribution >= 4 is 41.0 Å². The molecule has 2 aromatic rings. The number of likely N-dealkylation sites (N-methyl/N-ethyl adjacent to an activating group) is 1. The Balaban J connectivity index is 1.36. The molecule has 0 spiro atoms. The van der Waals surface area contributed by atoms with E-state index in [4.69, 9.17) is 0 Å². The van der Waals surface area contributed by atoms with Crippen LogP contribution in [0.3, 0.4) is 0 Å². The summed E-state index contributed by atoms with van der Waals surface area (Å²) in [5.74, 6) is -1.35. The summed E-state index contributed by atoms with van der Waals surface area (Å²) < 4.78 is 0. The molecule has 1 saturated heterocycles. The van der Waals surface area contributed by atoms with Crippen LogP contribution in [-0.2, 0) is 27.3 Å². The minimum absolute atomic E-state index is 0.182. The van der Waals surface area contributed by atoms with E-state index in [1.54, 1.807) is 24.3 Å². The number of amides is 6. The molecule has 3 aliphatic heterocycles. The van der Waals surface area contributed by atoms with Gasteiger partial charge in [-0.25, -0.2) is 4.79 Å².